The predicted molar refractivity (Wildman–Crippen MR) is 103 cm³/mol. The SMILES string of the molecule is CC(NC(=O)C1CC(=O)N(c2ccccc2F)C1)c1nc(-c2ccc(F)cc2)no1. The van der Waals surface area contributed by atoms with Gasteiger partial charge in [-0.25, -0.2) is 8.78 Å². The molecule has 1 aromatic heterocycles. The lowest BCUT2D eigenvalue weighted by Gasteiger charge is -2.18. The Morgan fingerprint density at radius 2 is 1.93 bits per heavy atom. The number of carbonyl (C=O) groups is 2. The van der Waals surface area contributed by atoms with Crippen LogP contribution in [0.25, 0.3) is 11.4 Å². The fourth-order valence-corrected chi connectivity index (χ4v) is 3.31. The number of hydrogen-bond acceptors (Lipinski definition) is 5. The van der Waals surface area contributed by atoms with E-state index < -0.39 is 17.8 Å². The molecule has 1 fully saturated rings. The Bertz CT molecular complexity index is 1080. The van der Waals surface area contributed by atoms with E-state index in [-0.39, 0.29) is 48.0 Å². The molecule has 154 valence electrons. The lowest BCUT2D eigenvalue weighted by Crippen LogP contribution is -2.34. The maximum atomic E-state index is 14.0. The highest BCUT2D eigenvalue weighted by atomic mass is 19.1. The number of para-hydroxylation sites is 1. The Kier molecular flexibility index (Phi) is 5.26. The maximum absolute atomic E-state index is 14.0. The van der Waals surface area contributed by atoms with Crippen LogP contribution < -0.4 is 10.2 Å². The lowest BCUT2D eigenvalue weighted by atomic mass is 10.1. The van der Waals surface area contributed by atoms with Crippen molar-refractivity contribution < 1.29 is 22.9 Å². The summed E-state index contributed by atoms with van der Waals surface area (Å²) in [4.78, 5) is 30.4. The second-order valence-corrected chi connectivity index (χ2v) is 7.05. The van der Waals surface area contributed by atoms with Crippen molar-refractivity contribution in [3.63, 3.8) is 0 Å². The van der Waals surface area contributed by atoms with Gasteiger partial charge in [-0.05, 0) is 43.3 Å². The van der Waals surface area contributed by atoms with Gasteiger partial charge in [0.25, 0.3) is 0 Å². The minimum atomic E-state index is -0.626. The largest absolute Gasteiger partial charge is 0.344 e. The molecule has 0 aliphatic carbocycles. The van der Waals surface area contributed by atoms with Gasteiger partial charge >= 0.3 is 0 Å². The van der Waals surface area contributed by atoms with E-state index in [1.165, 1.54) is 47.4 Å². The number of hydrogen-bond donors (Lipinski definition) is 1. The molecule has 0 bridgehead atoms. The molecule has 3 aromatic rings. The first-order valence-electron chi connectivity index (χ1n) is 9.37. The first kappa shape index (κ1) is 19.7. The molecule has 9 heteroatoms. The van der Waals surface area contributed by atoms with Crippen LogP contribution in [-0.2, 0) is 9.59 Å². The second-order valence-electron chi connectivity index (χ2n) is 7.05. The minimum Gasteiger partial charge on any atom is -0.344 e. The summed E-state index contributed by atoms with van der Waals surface area (Å²) < 4.78 is 32.3. The van der Waals surface area contributed by atoms with Crippen LogP contribution in [0.1, 0.15) is 25.3 Å². The fraction of sp³-hybridized carbons (Fsp3) is 0.238. The van der Waals surface area contributed by atoms with E-state index in [0.717, 1.165) is 0 Å². The minimum absolute atomic E-state index is 0.0163. The van der Waals surface area contributed by atoms with Crippen LogP contribution in [0.2, 0.25) is 0 Å². The van der Waals surface area contributed by atoms with Gasteiger partial charge in [0.15, 0.2) is 0 Å². The number of aromatic nitrogens is 2. The van der Waals surface area contributed by atoms with Gasteiger partial charge in [-0.3, -0.25) is 9.59 Å². The molecule has 0 saturated carbocycles. The van der Waals surface area contributed by atoms with Crippen molar-refractivity contribution in [2.45, 2.75) is 19.4 Å². The van der Waals surface area contributed by atoms with Crippen molar-refractivity contribution in [2.24, 2.45) is 5.92 Å². The molecular weight excluding hydrogens is 394 g/mol. The normalized spacial score (nSPS) is 17.2. The summed E-state index contributed by atoms with van der Waals surface area (Å²) in [6, 6.07) is 11.0. The summed E-state index contributed by atoms with van der Waals surface area (Å²) in [5, 5.41) is 6.60. The monoisotopic (exact) mass is 412 g/mol. The van der Waals surface area contributed by atoms with Gasteiger partial charge < -0.3 is 14.7 Å². The quantitative estimate of drug-likeness (QED) is 0.695. The molecule has 0 radical (unpaired) electrons. The van der Waals surface area contributed by atoms with E-state index in [0.29, 0.717) is 5.56 Å². The van der Waals surface area contributed by atoms with Crippen LogP contribution in [0.4, 0.5) is 14.5 Å². The third-order valence-electron chi connectivity index (χ3n) is 4.91. The number of carbonyl (C=O) groups excluding carboxylic acids is 2. The molecule has 7 nitrogen and oxygen atoms in total. The summed E-state index contributed by atoms with van der Waals surface area (Å²) in [5.41, 5.74) is 0.735. The Balaban J connectivity index is 1.41. The molecule has 30 heavy (non-hydrogen) atoms. The highest BCUT2D eigenvalue weighted by Gasteiger charge is 2.36. The number of rotatable bonds is 5. The van der Waals surface area contributed by atoms with E-state index in [4.69, 9.17) is 4.52 Å². The summed E-state index contributed by atoms with van der Waals surface area (Å²) >= 11 is 0. The summed E-state index contributed by atoms with van der Waals surface area (Å²) in [6.45, 7) is 1.76. The average molecular weight is 412 g/mol. The molecule has 2 amide bonds. The van der Waals surface area contributed by atoms with Crippen LogP contribution >= 0.6 is 0 Å². The summed E-state index contributed by atoms with van der Waals surface area (Å²) in [5.74, 6) is -1.75. The van der Waals surface area contributed by atoms with Crippen LogP contribution in [0, 0.1) is 17.6 Å². The fourth-order valence-electron chi connectivity index (χ4n) is 3.31. The van der Waals surface area contributed by atoms with Gasteiger partial charge in [0, 0.05) is 18.5 Å². The summed E-state index contributed by atoms with van der Waals surface area (Å²) in [6.07, 6.45) is -0.0163. The van der Waals surface area contributed by atoms with E-state index in [1.54, 1.807) is 13.0 Å². The van der Waals surface area contributed by atoms with Gasteiger partial charge in [0.05, 0.1) is 11.6 Å². The predicted octanol–water partition coefficient (Wildman–Crippen LogP) is 3.25. The van der Waals surface area contributed by atoms with E-state index in [9.17, 15) is 18.4 Å². The zero-order chi connectivity index (χ0) is 21.3. The van der Waals surface area contributed by atoms with Gasteiger partial charge in [-0.1, -0.05) is 17.3 Å². The van der Waals surface area contributed by atoms with Crippen molar-refractivity contribution in [1.29, 1.82) is 0 Å². The van der Waals surface area contributed by atoms with Crippen molar-refractivity contribution in [2.75, 3.05) is 11.4 Å². The Morgan fingerprint density at radius 3 is 2.67 bits per heavy atom. The van der Waals surface area contributed by atoms with Crippen LogP contribution in [0.15, 0.2) is 53.1 Å². The Morgan fingerprint density at radius 1 is 1.20 bits per heavy atom. The van der Waals surface area contributed by atoms with Crippen LogP contribution in [0.5, 0.6) is 0 Å². The maximum Gasteiger partial charge on any atom is 0.249 e. The molecule has 0 spiro atoms. The van der Waals surface area contributed by atoms with Gasteiger partial charge in [-0.15, -0.1) is 0 Å². The number of nitrogens with one attached hydrogen (secondary N) is 1. The first-order valence-corrected chi connectivity index (χ1v) is 9.37. The van der Waals surface area contributed by atoms with Crippen molar-refractivity contribution >= 4 is 17.5 Å². The average Bonchev–Trinajstić information content (AvgIpc) is 3.36. The van der Waals surface area contributed by atoms with E-state index >= 15 is 0 Å². The van der Waals surface area contributed by atoms with E-state index in [1.807, 2.05) is 0 Å². The zero-order valence-corrected chi connectivity index (χ0v) is 16.0. The van der Waals surface area contributed by atoms with Gasteiger partial charge in [0.1, 0.15) is 17.7 Å². The molecule has 2 unspecified atom stereocenters. The third-order valence-corrected chi connectivity index (χ3v) is 4.91. The Hall–Kier alpha value is -3.62. The standard InChI is InChI=1S/C21H18F2N4O3/c1-12(21-25-19(26-30-21)13-6-8-15(22)9-7-13)24-20(29)14-10-18(28)27(11-14)17-5-3-2-4-16(17)23/h2-9,12,14H,10-11H2,1H3,(H,24,29). The number of anilines is 1. The number of amides is 2. The molecule has 2 atom stereocenters. The highest BCUT2D eigenvalue weighted by Crippen LogP contribution is 2.28. The van der Waals surface area contributed by atoms with Gasteiger partial charge in [0.2, 0.25) is 23.5 Å². The highest BCUT2D eigenvalue weighted by molar-refractivity contribution is 6.00. The molecular formula is C21H18F2N4O3. The molecule has 2 heterocycles. The van der Waals surface area contributed by atoms with Crippen LogP contribution in [-0.4, -0.2) is 28.5 Å². The molecule has 1 N–H and O–H groups in total. The molecule has 1 saturated heterocycles. The number of halogens is 2. The van der Waals surface area contributed by atoms with Crippen molar-refractivity contribution in [3.05, 3.63) is 66.1 Å². The van der Waals surface area contributed by atoms with Crippen molar-refractivity contribution in [1.82, 2.24) is 15.5 Å². The summed E-state index contributed by atoms with van der Waals surface area (Å²) in [7, 11) is 0. The molecule has 1 aliphatic heterocycles. The molecule has 1 aliphatic rings. The number of nitrogens with zero attached hydrogens (tertiary/aromatic N) is 3. The van der Waals surface area contributed by atoms with Crippen molar-refractivity contribution in [3.8, 4) is 11.4 Å². The van der Waals surface area contributed by atoms with E-state index in [2.05, 4.69) is 15.5 Å². The topological polar surface area (TPSA) is 88.3 Å². The van der Waals surface area contributed by atoms with Gasteiger partial charge in [-0.2, -0.15) is 4.98 Å². The second kappa shape index (κ2) is 8.02. The zero-order valence-electron chi connectivity index (χ0n) is 16.0. The molecule has 4 rings (SSSR count). The number of benzene rings is 2. The van der Waals surface area contributed by atoms with Crippen LogP contribution in [0.3, 0.4) is 0 Å². The first-order chi connectivity index (χ1) is 14.4. The third kappa shape index (κ3) is 3.91. The smallest absolute Gasteiger partial charge is 0.249 e. The lowest BCUT2D eigenvalue weighted by molar-refractivity contribution is -0.127. The molecule has 2 aromatic carbocycles. The Labute approximate surface area is 170 Å².